The Balaban J connectivity index is 1.80. The summed E-state index contributed by atoms with van der Waals surface area (Å²) in [5.74, 6) is 0.254. The SMILES string of the molecule is Cc1cc(NC(=O)c2nc(C(=O)NCCCN(C)C)n3ccccc23)no1. The lowest BCUT2D eigenvalue weighted by Crippen LogP contribution is -2.28. The summed E-state index contributed by atoms with van der Waals surface area (Å²) in [6.45, 7) is 3.12. The Kier molecular flexibility index (Phi) is 5.51. The molecule has 0 radical (unpaired) electrons. The number of anilines is 1. The van der Waals surface area contributed by atoms with Crippen LogP contribution in [0.4, 0.5) is 5.82 Å². The number of carbonyl (C=O) groups is 2. The van der Waals surface area contributed by atoms with E-state index in [1.54, 1.807) is 41.8 Å². The largest absolute Gasteiger partial charge is 0.360 e. The minimum Gasteiger partial charge on any atom is -0.360 e. The number of carbonyl (C=O) groups excluding carboxylic acids is 2. The lowest BCUT2D eigenvalue weighted by Gasteiger charge is -2.09. The summed E-state index contributed by atoms with van der Waals surface area (Å²) >= 11 is 0. The molecule has 2 amide bonds. The number of rotatable bonds is 7. The number of hydrogen-bond donors (Lipinski definition) is 2. The first-order chi connectivity index (χ1) is 13.0. The number of amides is 2. The van der Waals surface area contributed by atoms with Gasteiger partial charge in [-0.15, -0.1) is 0 Å². The van der Waals surface area contributed by atoms with Crippen molar-refractivity contribution in [2.45, 2.75) is 13.3 Å². The van der Waals surface area contributed by atoms with Crippen molar-refractivity contribution in [3.05, 3.63) is 47.7 Å². The van der Waals surface area contributed by atoms with E-state index >= 15 is 0 Å². The summed E-state index contributed by atoms with van der Waals surface area (Å²) in [6, 6.07) is 6.90. The van der Waals surface area contributed by atoms with E-state index in [1.165, 1.54) is 0 Å². The molecule has 3 aromatic heterocycles. The second kappa shape index (κ2) is 8.00. The van der Waals surface area contributed by atoms with E-state index in [4.69, 9.17) is 4.52 Å². The molecule has 0 aliphatic rings. The fourth-order valence-electron chi connectivity index (χ4n) is 2.64. The highest BCUT2D eigenvalue weighted by molar-refractivity contribution is 6.08. The summed E-state index contributed by atoms with van der Waals surface area (Å²) in [5.41, 5.74) is 0.684. The molecule has 0 fully saturated rings. The zero-order valence-corrected chi connectivity index (χ0v) is 15.5. The van der Waals surface area contributed by atoms with Crippen molar-refractivity contribution >= 4 is 23.1 Å². The molecule has 27 heavy (non-hydrogen) atoms. The lowest BCUT2D eigenvalue weighted by atomic mass is 10.3. The van der Waals surface area contributed by atoms with Gasteiger partial charge in [0.25, 0.3) is 11.8 Å². The molecule has 0 bridgehead atoms. The van der Waals surface area contributed by atoms with Crippen LogP contribution in [-0.4, -0.2) is 58.4 Å². The molecule has 0 saturated carbocycles. The van der Waals surface area contributed by atoms with E-state index < -0.39 is 5.91 Å². The molecule has 9 nitrogen and oxygen atoms in total. The van der Waals surface area contributed by atoms with E-state index in [0.717, 1.165) is 13.0 Å². The molecule has 142 valence electrons. The Morgan fingerprint density at radius 3 is 2.78 bits per heavy atom. The van der Waals surface area contributed by atoms with E-state index in [9.17, 15) is 9.59 Å². The van der Waals surface area contributed by atoms with Gasteiger partial charge in [-0.05, 0) is 46.1 Å². The maximum Gasteiger partial charge on any atom is 0.287 e. The summed E-state index contributed by atoms with van der Waals surface area (Å²) in [5, 5.41) is 9.22. The van der Waals surface area contributed by atoms with Crippen molar-refractivity contribution in [3.63, 3.8) is 0 Å². The second-order valence-corrected chi connectivity index (χ2v) is 6.43. The van der Waals surface area contributed by atoms with Crippen LogP contribution < -0.4 is 10.6 Å². The molecular weight excluding hydrogens is 348 g/mol. The number of fused-ring (bicyclic) bond motifs is 1. The molecule has 3 rings (SSSR count). The van der Waals surface area contributed by atoms with Crippen LogP contribution in [0.25, 0.3) is 5.52 Å². The first-order valence-electron chi connectivity index (χ1n) is 8.60. The molecule has 0 atom stereocenters. The van der Waals surface area contributed by atoms with Crippen LogP contribution >= 0.6 is 0 Å². The van der Waals surface area contributed by atoms with Gasteiger partial charge in [0.2, 0.25) is 5.82 Å². The Bertz CT molecular complexity index is 959. The third kappa shape index (κ3) is 4.32. The van der Waals surface area contributed by atoms with Crippen LogP contribution in [0, 0.1) is 6.92 Å². The first kappa shape index (κ1) is 18.6. The van der Waals surface area contributed by atoms with Crippen LogP contribution in [0.15, 0.2) is 35.0 Å². The highest BCUT2D eigenvalue weighted by Gasteiger charge is 2.22. The van der Waals surface area contributed by atoms with Gasteiger partial charge in [0.15, 0.2) is 11.5 Å². The van der Waals surface area contributed by atoms with Crippen molar-refractivity contribution in [2.75, 3.05) is 32.5 Å². The molecule has 9 heteroatoms. The Morgan fingerprint density at radius 2 is 2.07 bits per heavy atom. The number of imidazole rings is 1. The van der Waals surface area contributed by atoms with Crippen molar-refractivity contribution in [3.8, 4) is 0 Å². The van der Waals surface area contributed by atoms with Gasteiger partial charge in [-0.25, -0.2) is 4.98 Å². The maximum atomic E-state index is 12.6. The average Bonchev–Trinajstić information content (AvgIpc) is 3.22. The van der Waals surface area contributed by atoms with E-state index in [2.05, 4.69) is 20.8 Å². The van der Waals surface area contributed by atoms with Crippen LogP contribution in [0.3, 0.4) is 0 Å². The smallest absolute Gasteiger partial charge is 0.287 e. The van der Waals surface area contributed by atoms with E-state index in [0.29, 0.717) is 23.6 Å². The van der Waals surface area contributed by atoms with Gasteiger partial charge in [-0.2, -0.15) is 0 Å². The van der Waals surface area contributed by atoms with Crippen LogP contribution in [-0.2, 0) is 0 Å². The normalized spacial score (nSPS) is 11.1. The molecule has 3 heterocycles. The van der Waals surface area contributed by atoms with Gasteiger partial charge in [-0.3, -0.25) is 14.0 Å². The van der Waals surface area contributed by atoms with Crippen molar-refractivity contribution in [2.24, 2.45) is 0 Å². The predicted molar refractivity (Wildman–Crippen MR) is 99.9 cm³/mol. The maximum absolute atomic E-state index is 12.6. The van der Waals surface area contributed by atoms with Gasteiger partial charge in [0.05, 0.1) is 5.52 Å². The topological polar surface area (TPSA) is 105 Å². The minimum absolute atomic E-state index is 0.148. The van der Waals surface area contributed by atoms with Gasteiger partial charge < -0.3 is 20.1 Å². The number of nitrogens with zero attached hydrogens (tertiary/aromatic N) is 4. The van der Waals surface area contributed by atoms with Crippen molar-refractivity contribution in [1.29, 1.82) is 0 Å². The second-order valence-electron chi connectivity index (χ2n) is 6.43. The Morgan fingerprint density at radius 1 is 1.26 bits per heavy atom. The quantitative estimate of drug-likeness (QED) is 0.612. The monoisotopic (exact) mass is 370 g/mol. The summed E-state index contributed by atoms with van der Waals surface area (Å²) in [6.07, 6.45) is 2.52. The zero-order chi connectivity index (χ0) is 19.4. The predicted octanol–water partition coefficient (Wildman–Crippen LogP) is 1.56. The third-order valence-corrected chi connectivity index (χ3v) is 3.90. The summed E-state index contributed by atoms with van der Waals surface area (Å²) in [7, 11) is 3.95. The lowest BCUT2D eigenvalue weighted by molar-refractivity contribution is 0.0941. The molecule has 0 unspecified atom stereocenters. The third-order valence-electron chi connectivity index (χ3n) is 3.90. The molecule has 0 aliphatic heterocycles. The van der Waals surface area contributed by atoms with Crippen molar-refractivity contribution in [1.82, 2.24) is 24.8 Å². The number of pyridine rings is 1. The average molecular weight is 370 g/mol. The van der Waals surface area contributed by atoms with E-state index in [-0.39, 0.29) is 17.4 Å². The molecule has 0 aliphatic carbocycles. The van der Waals surface area contributed by atoms with Crippen LogP contribution in [0.5, 0.6) is 0 Å². The number of aryl methyl sites for hydroxylation is 1. The molecule has 0 spiro atoms. The van der Waals surface area contributed by atoms with Gasteiger partial charge >= 0.3 is 0 Å². The van der Waals surface area contributed by atoms with Gasteiger partial charge in [0, 0.05) is 18.8 Å². The minimum atomic E-state index is -0.460. The van der Waals surface area contributed by atoms with E-state index in [1.807, 2.05) is 19.0 Å². The first-order valence-corrected chi connectivity index (χ1v) is 8.60. The standard InChI is InChI=1S/C18H22N6O3/c1-12-11-14(22-27-12)20-17(25)15-13-7-4-5-10-24(13)16(21-15)18(26)19-8-6-9-23(2)3/h4-5,7,10-11H,6,8-9H2,1-3H3,(H,19,26)(H,20,22,25). The Labute approximate surface area is 156 Å². The fourth-order valence-corrected chi connectivity index (χ4v) is 2.64. The zero-order valence-electron chi connectivity index (χ0n) is 15.5. The highest BCUT2D eigenvalue weighted by atomic mass is 16.5. The number of aromatic nitrogens is 3. The molecule has 0 aromatic carbocycles. The molecular formula is C18H22N6O3. The number of hydrogen-bond acceptors (Lipinski definition) is 6. The fraction of sp³-hybridized carbons (Fsp3) is 0.333. The Hall–Kier alpha value is -3.20. The van der Waals surface area contributed by atoms with Gasteiger partial charge in [-0.1, -0.05) is 11.2 Å². The number of nitrogens with one attached hydrogen (secondary N) is 2. The highest BCUT2D eigenvalue weighted by Crippen LogP contribution is 2.16. The van der Waals surface area contributed by atoms with Crippen molar-refractivity contribution < 1.29 is 14.1 Å². The van der Waals surface area contributed by atoms with Crippen LogP contribution in [0.2, 0.25) is 0 Å². The molecule has 3 aromatic rings. The van der Waals surface area contributed by atoms with Gasteiger partial charge in [0.1, 0.15) is 5.76 Å². The molecule has 2 N–H and O–H groups in total. The summed E-state index contributed by atoms with van der Waals surface area (Å²) in [4.78, 5) is 31.5. The summed E-state index contributed by atoms with van der Waals surface area (Å²) < 4.78 is 6.55. The molecule has 0 saturated heterocycles. The van der Waals surface area contributed by atoms with Crippen LogP contribution in [0.1, 0.15) is 33.3 Å².